The summed E-state index contributed by atoms with van der Waals surface area (Å²) in [5.41, 5.74) is 0.679. The van der Waals surface area contributed by atoms with Crippen molar-refractivity contribution in [3.05, 3.63) is 92.9 Å². The van der Waals surface area contributed by atoms with Crippen molar-refractivity contribution in [1.82, 2.24) is 24.8 Å². The van der Waals surface area contributed by atoms with Gasteiger partial charge in [0, 0.05) is 24.2 Å². The van der Waals surface area contributed by atoms with Crippen LogP contribution in [0.5, 0.6) is 0 Å². The number of aromatic nitrogens is 4. The lowest BCUT2D eigenvalue weighted by Crippen LogP contribution is -2.33. The van der Waals surface area contributed by atoms with Gasteiger partial charge in [-0.2, -0.15) is 0 Å². The number of hydrogen-bond acceptors (Lipinski definition) is 6. The van der Waals surface area contributed by atoms with Crippen molar-refractivity contribution in [2.75, 3.05) is 18.9 Å². The number of halogens is 3. The number of amides is 1. The van der Waals surface area contributed by atoms with E-state index in [1.54, 1.807) is 19.2 Å². The number of rotatable bonds is 5. The van der Waals surface area contributed by atoms with Gasteiger partial charge in [0.05, 0.1) is 30.0 Å². The first-order chi connectivity index (χ1) is 16.9. The Morgan fingerprint density at radius 2 is 2.00 bits per heavy atom. The molecule has 2 heterocycles. The number of hydrogen-bond donors (Lipinski definition) is 2. The zero-order valence-electron chi connectivity index (χ0n) is 18.3. The second kappa shape index (κ2) is 10.3. The molecule has 176 valence electrons. The van der Waals surface area contributed by atoms with Gasteiger partial charge < -0.3 is 10.6 Å². The minimum absolute atomic E-state index is 0.0606. The molecular formula is C24H17ClF2N6O2. The van der Waals surface area contributed by atoms with Crippen LogP contribution in [-0.4, -0.2) is 39.0 Å². The van der Waals surface area contributed by atoms with E-state index >= 15 is 0 Å². The fourth-order valence-electron chi connectivity index (χ4n) is 3.29. The molecule has 35 heavy (non-hydrogen) atoms. The van der Waals surface area contributed by atoms with Crippen LogP contribution in [0.25, 0.3) is 10.9 Å². The van der Waals surface area contributed by atoms with E-state index in [0.29, 0.717) is 27.5 Å². The lowest BCUT2D eigenvalue weighted by atomic mass is 10.1. The van der Waals surface area contributed by atoms with Gasteiger partial charge in [-0.15, -0.1) is 0 Å². The third-order valence-electron chi connectivity index (χ3n) is 5.00. The summed E-state index contributed by atoms with van der Waals surface area (Å²) in [6, 6.07) is 6.71. The van der Waals surface area contributed by atoms with E-state index < -0.39 is 23.1 Å². The van der Waals surface area contributed by atoms with Crippen molar-refractivity contribution in [3.8, 4) is 11.8 Å². The molecule has 8 nitrogen and oxygen atoms in total. The first-order valence-electron chi connectivity index (χ1n) is 10.2. The summed E-state index contributed by atoms with van der Waals surface area (Å²) in [6.45, 7) is -0.141. The molecular weight excluding hydrogens is 478 g/mol. The van der Waals surface area contributed by atoms with Crippen molar-refractivity contribution >= 4 is 34.2 Å². The van der Waals surface area contributed by atoms with Gasteiger partial charge >= 0.3 is 0 Å². The quantitative estimate of drug-likeness (QED) is 0.414. The Morgan fingerprint density at radius 1 is 1.17 bits per heavy atom. The van der Waals surface area contributed by atoms with Crippen LogP contribution in [0.1, 0.15) is 21.5 Å². The third kappa shape index (κ3) is 5.26. The molecule has 2 aromatic carbocycles. The van der Waals surface area contributed by atoms with Gasteiger partial charge in [-0.05, 0) is 29.8 Å². The molecule has 0 atom stereocenters. The Kier molecular flexibility index (Phi) is 6.98. The minimum Gasteiger partial charge on any atom is -0.373 e. The largest absolute Gasteiger partial charge is 0.373 e. The summed E-state index contributed by atoms with van der Waals surface area (Å²) in [5, 5.41) is 6.65. The van der Waals surface area contributed by atoms with Gasteiger partial charge in [0.2, 0.25) is 0 Å². The number of carbonyl (C=O) groups is 1. The second-order valence-corrected chi connectivity index (χ2v) is 7.70. The molecule has 0 saturated carbocycles. The highest BCUT2D eigenvalue weighted by Gasteiger charge is 2.13. The lowest BCUT2D eigenvalue weighted by Gasteiger charge is -2.08. The maximum atomic E-state index is 13.5. The predicted octanol–water partition coefficient (Wildman–Crippen LogP) is 2.99. The fraction of sp³-hybridized carbons (Fsp3) is 0.125. The average Bonchev–Trinajstić information content (AvgIpc) is 2.85. The van der Waals surface area contributed by atoms with E-state index in [-0.39, 0.29) is 18.7 Å². The van der Waals surface area contributed by atoms with E-state index in [9.17, 15) is 18.4 Å². The van der Waals surface area contributed by atoms with Gasteiger partial charge in [-0.3, -0.25) is 14.2 Å². The SMILES string of the molecule is CNc1ncnc2cc(Cl)c(C#CCNC(=O)c3cncn(Cc4ccc(F)c(F)c4)c3=O)cc12. The van der Waals surface area contributed by atoms with E-state index in [2.05, 4.69) is 37.4 Å². The van der Waals surface area contributed by atoms with Gasteiger partial charge in [-0.25, -0.2) is 23.7 Å². The number of benzene rings is 2. The Hall–Kier alpha value is -4.36. The maximum Gasteiger partial charge on any atom is 0.266 e. The van der Waals surface area contributed by atoms with E-state index in [1.807, 2.05) is 0 Å². The molecule has 0 aliphatic heterocycles. The summed E-state index contributed by atoms with van der Waals surface area (Å²) in [6.07, 6.45) is 3.77. The monoisotopic (exact) mass is 494 g/mol. The maximum absolute atomic E-state index is 13.5. The van der Waals surface area contributed by atoms with Crippen LogP contribution in [0.4, 0.5) is 14.6 Å². The highest BCUT2D eigenvalue weighted by atomic mass is 35.5. The summed E-state index contributed by atoms with van der Waals surface area (Å²) in [5.74, 6) is 3.61. The molecule has 1 amide bonds. The second-order valence-electron chi connectivity index (χ2n) is 7.29. The minimum atomic E-state index is -1.03. The van der Waals surface area contributed by atoms with E-state index in [4.69, 9.17) is 11.6 Å². The van der Waals surface area contributed by atoms with Crippen LogP contribution in [-0.2, 0) is 6.54 Å². The van der Waals surface area contributed by atoms with Crippen molar-refractivity contribution in [2.24, 2.45) is 0 Å². The number of carbonyl (C=O) groups excluding carboxylic acids is 1. The summed E-state index contributed by atoms with van der Waals surface area (Å²) in [7, 11) is 1.74. The Morgan fingerprint density at radius 3 is 2.77 bits per heavy atom. The van der Waals surface area contributed by atoms with Gasteiger partial charge in [0.1, 0.15) is 17.7 Å². The third-order valence-corrected chi connectivity index (χ3v) is 5.32. The van der Waals surface area contributed by atoms with Gasteiger partial charge in [0.25, 0.3) is 11.5 Å². The van der Waals surface area contributed by atoms with E-state index in [1.165, 1.54) is 18.7 Å². The van der Waals surface area contributed by atoms with Crippen molar-refractivity contribution in [2.45, 2.75) is 6.54 Å². The number of nitrogens with one attached hydrogen (secondary N) is 2. The molecule has 2 aromatic heterocycles. The molecule has 0 aliphatic rings. The van der Waals surface area contributed by atoms with Crippen LogP contribution < -0.4 is 16.2 Å². The smallest absolute Gasteiger partial charge is 0.266 e. The lowest BCUT2D eigenvalue weighted by molar-refractivity contribution is 0.0956. The molecule has 0 fully saturated rings. The van der Waals surface area contributed by atoms with Gasteiger partial charge in [-0.1, -0.05) is 29.5 Å². The Balaban J connectivity index is 1.47. The van der Waals surface area contributed by atoms with E-state index in [0.717, 1.165) is 28.3 Å². The Labute approximate surface area is 203 Å². The molecule has 0 radical (unpaired) electrons. The van der Waals surface area contributed by atoms with Crippen molar-refractivity contribution in [1.29, 1.82) is 0 Å². The number of nitrogens with zero attached hydrogens (tertiary/aromatic N) is 4. The zero-order valence-corrected chi connectivity index (χ0v) is 19.0. The molecule has 0 bridgehead atoms. The fourth-order valence-corrected chi connectivity index (χ4v) is 3.49. The highest BCUT2D eigenvalue weighted by molar-refractivity contribution is 6.32. The molecule has 0 unspecified atom stereocenters. The molecule has 0 aliphatic carbocycles. The summed E-state index contributed by atoms with van der Waals surface area (Å²) in [4.78, 5) is 37.4. The molecule has 11 heteroatoms. The zero-order chi connectivity index (χ0) is 24.9. The highest BCUT2D eigenvalue weighted by Crippen LogP contribution is 2.25. The van der Waals surface area contributed by atoms with Crippen LogP contribution in [0.2, 0.25) is 5.02 Å². The van der Waals surface area contributed by atoms with Crippen LogP contribution in [0.15, 0.2) is 54.0 Å². The van der Waals surface area contributed by atoms with Gasteiger partial charge in [0.15, 0.2) is 11.6 Å². The summed E-state index contributed by atoms with van der Waals surface area (Å²) < 4.78 is 27.7. The molecule has 4 rings (SSSR count). The van der Waals surface area contributed by atoms with Crippen LogP contribution in [0, 0.1) is 23.5 Å². The van der Waals surface area contributed by atoms with Crippen molar-refractivity contribution < 1.29 is 13.6 Å². The average molecular weight is 495 g/mol. The van der Waals surface area contributed by atoms with Crippen LogP contribution in [0.3, 0.4) is 0 Å². The summed E-state index contributed by atoms with van der Waals surface area (Å²) >= 11 is 6.29. The molecule has 0 saturated heterocycles. The first kappa shape index (κ1) is 23.8. The standard InChI is InChI=1S/C24H17ClF2N6O2/c1-28-22-16-8-15(18(25)9-21(16)31-12-32-22)3-2-6-30-23(34)17-10-29-13-33(24(17)35)11-14-4-5-19(26)20(27)7-14/h4-5,7-10,12-13H,6,11H2,1H3,(H,30,34)(H,28,31,32). The molecule has 2 N–H and O–H groups in total. The Bertz CT molecular complexity index is 1560. The first-order valence-corrected chi connectivity index (χ1v) is 10.6. The number of anilines is 1. The normalized spacial score (nSPS) is 10.5. The van der Waals surface area contributed by atoms with Crippen LogP contribution >= 0.6 is 11.6 Å². The van der Waals surface area contributed by atoms with Crippen molar-refractivity contribution in [3.63, 3.8) is 0 Å². The molecule has 0 spiro atoms. The topological polar surface area (TPSA) is 102 Å². The predicted molar refractivity (Wildman–Crippen MR) is 127 cm³/mol. The number of fused-ring (bicyclic) bond motifs is 1. The molecule has 4 aromatic rings.